The molecule has 5 nitrogen and oxygen atoms in total. The average Bonchev–Trinajstić information content (AvgIpc) is 2.95. The van der Waals surface area contributed by atoms with Gasteiger partial charge in [-0.05, 0) is 38.5 Å². The number of nitrogens with one attached hydrogen (secondary N) is 1. The summed E-state index contributed by atoms with van der Waals surface area (Å²) >= 11 is 2.75. The van der Waals surface area contributed by atoms with Crippen molar-refractivity contribution in [1.82, 2.24) is 4.72 Å². The first-order valence-corrected chi connectivity index (χ1v) is 9.81. The molecular weight excluding hydrogens is 318 g/mol. The summed E-state index contributed by atoms with van der Waals surface area (Å²) in [7, 11) is -3.63. The van der Waals surface area contributed by atoms with Gasteiger partial charge in [0, 0.05) is 16.2 Å². The molecule has 0 bridgehead atoms. The van der Waals surface area contributed by atoms with Crippen molar-refractivity contribution in [1.29, 1.82) is 0 Å². The Morgan fingerprint density at radius 1 is 1.50 bits per heavy atom. The predicted octanol–water partition coefficient (Wildman–Crippen LogP) is 2.32. The van der Waals surface area contributed by atoms with E-state index in [1.807, 2.05) is 6.26 Å². The highest BCUT2D eigenvalue weighted by Gasteiger charge is 2.30. The normalized spacial score (nSPS) is 23.1. The minimum absolute atomic E-state index is 0.0509. The van der Waals surface area contributed by atoms with Crippen molar-refractivity contribution >= 4 is 39.1 Å². The summed E-state index contributed by atoms with van der Waals surface area (Å²) in [5.41, 5.74) is 0. The lowest BCUT2D eigenvalue weighted by Gasteiger charge is -2.13. The van der Waals surface area contributed by atoms with Crippen molar-refractivity contribution < 1.29 is 18.3 Å². The van der Waals surface area contributed by atoms with Gasteiger partial charge in [0.1, 0.15) is 4.88 Å². The summed E-state index contributed by atoms with van der Waals surface area (Å²) in [6.45, 7) is 1.63. The van der Waals surface area contributed by atoms with Crippen LogP contribution in [0.1, 0.15) is 33.8 Å². The number of hydrogen-bond acceptors (Lipinski definition) is 5. The van der Waals surface area contributed by atoms with E-state index in [2.05, 4.69) is 4.72 Å². The zero-order chi connectivity index (χ0) is 14.9. The number of carboxylic acid groups (broad SMARTS) is 1. The number of aromatic carboxylic acids is 1. The van der Waals surface area contributed by atoms with Crippen LogP contribution in [0.4, 0.5) is 0 Å². The fraction of sp³-hybridized carbons (Fsp3) is 0.583. The quantitative estimate of drug-likeness (QED) is 0.863. The topological polar surface area (TPSA) is 83.5 Å². The van der Waals surface area contributed by atoms with E-state index >= 15 is 0 Å². The van der Waals surface area contributed by atoms with Crippen molar-refractivity contribution in [3.63, 3.8) is 0 Å². The van der Waals surface area contributed by atoms with Crippen LogP contribution >= 0.6 is 23.1 Å². The van der Waals surface area contributed by atoms with Gasteiger partial charge in [-0.2, -0.15) is 11.8 Å². The van der Waals surface area contributed by atoms with Gasteiger partial charge in [-0.25, -0.2) is 17.9 Å². The van der Waals surface area contributed by atoms with E-state index in [9.17, 15) is 13.2 Å². The minimum atomic E-state index is -3.63. The van der Waals surface area contributed by atoms with Gasteiger partial charge in [0.05, 0.1) is 4.90 Å². The molecule has 1 heterocycles. The highest BCUT2D eigenvalue weighted by atomic mass is 32.2. The van der Waals surface area contributed by atoms with Gasteiger partial charge in [-0.1, -0.05) is 0 Å². The van der Waals surface area contributed by atoms with E-state index in [1.54, 1.807) is 18.7 Å². The molecule has 8 heteroatoms. The van der Waals surface area contributed by atoms with E-state index in [-0.39, 0.29) is 15.8 Å². The Balaban J connectivity index is 2.17. The molecule has 20 heavy (non-hydrogen) atoms. The molecule has 0 radical (unpaired) electrons. The van der Waals surface area contributed by atoms with E-state index in [4.69, 9.17) is 5.11 Å². The fourth-order valence-electron chi connectivity index (χ4n) is 2.38. The van der Waals surface area contributed by atoms with Crippen LogP contribution in [0.5, 0.6) is 0 Å². The van der Waals surface area contributed by atoms with Gasteiger partial charge in [0.15, 0.2) is 0 Å². The maximum atomic E-state index is 12.3. The Kier molecular flexibility index (Phi) is 4.78. The second-order valence-electron chi connectivity index (χ2n) is 4.83. The average molecular weight is 335 g/mol. The van der Waals surface area contributed by atoms with Gasteiger partial charge in [-0.3, -0.25) is 0 Å². The van der Waals surface area contributed by atoms with E-state index in [0.29, 0.717) is 10.1 Å². The van der Waals surface area contributed by atoms with Crippen LogP contribution in [-0.2, 0) is 10.0 Å². The summed E-state index contributed by atoms with van der Waals surface area (Å²) in [6.07, 6.45) is 4.70. The van der Waals surface area contributed by atoms with Crippen molar-refractivity contribution in [3.05, 3.63) is 15.8 Å². The molecule has 0 aliphatic heterocycles. The van der Waals surface area contributed by atoms with Crippen molar-refractivity contribution in [2.24, 2.45) is 0 Å². The van der Waals surface area contributed by atoms with Gasteiger partial charge >= 0.3 is 5.97 Å². The molecule has 1 aliphatic carbocycles. The zero-order valence-corrected chi connectivity index (χ0v) is 13.7. The lowest BCUT2D eigenvalue weighted by molar-refractivity contribution is 0.0702. The molecule has 2 N–H and O–H groups in total. The summed E-state index contributed by atoms with van der Waals surface area (Å²) in [5, 5.41) is 9.43. The smallest absolute Gasteiger partial charge is 0.345 e. The Morgan fingerprint density at radius 2 is 2.20 bits per heavy atom. The van der Waals surface area contributed by atoms with Gasteiger partial charge < -0.3 is 5.11 Å². The molecule has 2 atom stereocenters. The summed E-state index contributed by atoms with van der Waals surface area (Å²) < 4.78 is 27.4. The minimum Gasteiger partial charge on any atom is -0.477 e. The second-order valence-corrected chi connectivity index (χ2v) is 8.90. The van der Waals surface area contributed by atoms with Gasteiger partial charge in [-0.15, -0.1) is 11.3 Å². The monoisotopic (exact) mass is 335 g/mol. The van der Waals surface area contributed by atoms with Gasteiger partial charge in [0.25, 0.3) is 0 Å². The molecule has 1 fully saturated rings. The number of aryl methyl sites for hydroxylation is 1. The Hall–Kier alpha value is -0.570. The first kappa shape index (κ1) is 15.8. The van der Waals surface area contributed by atoms with E-state index < -0.39 is 16.0 Å². The molecule has 2 rings (SSSR count). The summed E-state index contributed by atoms with van der Waals surface area (Å²) in [4.78, 5) is 11.6. The number of thioether (sulfide) groups is 1. The van der Waals surface area contributed by atoms with Crippen molar-refractivity contribution in [2.45, 2.75) is 42.4 Å². The van der Waals surface area contributed by atoms with Crippen molar-refractivity contribution in [3.8, 4) is 0 Å². The molecule has 1 aromatic rings. The predicted molar refractivity (Wildman–Crippen MR) is 81.3 cm³/mol. The summed E-state index contributed by atoms with van der Waals surface area (Å²) in [5.74, 6) is -1.09. The SMILES string of the molecule is CSC1CCC(NS(=O)(=O)c2cc(C(=O)O)sc2C)C1. The lowest BCUT2D eigenvalue weighted by atomic mass is 10.3. The maximum absolute atomic E-state index is 12.3. The first-order chi connectivity index (χ1) is 9.33. The van der Waals surface area contributed by atoms with Gasteiger partial charge in [0.2, 0.25) is 10.0 Å². The first-order valence-electron chi connectivity index (χ1n) is 6.22. The molecule has 0 saturated heterocycles. The standard InChI is InChI=1S/C12H17NO4S3/c1-7-11(6-10(19-7)12(14)15)20(16,17)13-8-3-4-9(5-8)18-2/h6,8-9,13H,3-5H2,1-2H3,(H,14,15). The number of carbonyl (C=O) groups is 1. The lowest BCUT2D eigenvalue weighted by Crippen LogP contribution is -2.33. The van der Waals surface area contributed by atoms with Crippen LogP contribution in [0.2, 0.25) is 0 Å². The molecule has 2 unspecified atom stereocenters. The molecule has 0 aromatic carbocycles. The third-order valence-corrected chi connectivity index (χ3v) is 7.32. The maximum Gasteiger partial charge on any atom is 0.345 e. The zero-order valence-electron chi connectivity index (χ0n) is 11.3. The van der Waals surface area contributed by atoms with Crippen LogP contribution in [-0.4, -0.2) is 37.0 Å². The van der Waals surface area contributed by atoms with Crippen LogP contribution in [0.25, 0.3) is 0 Å². The number of hydrogen-bond donors (Lipinski definition) is 2. The van der Waals surface area contributed by atoms with Crippen LogP contribution in [0.3, 0.4) is 0 Å². The third kappa shape index (κ3) is 3.36. The van der Waals surface area contributed by atoms with E-state index in [1.165, 1.54) is 6.07 Å². The molecule has 0 amide bonds. The van der Waals surface area contributed by atoms with Crippen LogP contribution in [0, 0.1) is 6.92 Å². The largest absolute Gasteiger partial charge is 0.477 e. The molecular formula is C12H17NO4S3. The number of rotatable bonds is 5. The second kappa shape index (κ2) is 6.05. The number of sulfonamides is 1. The molecule has 1 aromatic heterocycles. The van der Waals surface area contributed by atoms with Crippen LogP contribution < -0.4 is 4.72 Å². The number of carboxylic acids is 1. The number of thiophene rings is 1. The highest BCUT2D eigenvalue weighted by molar-refractivity contribution is 7.99. The van der Waals surface area contributed by atoms with Crippen LogP contribution in [0.15, 0.2) is 11.0 Å². The highest BCUT2D eigenvalue weighted by Crippen LogP contribution is 2.31. The van der Waals surface area contributed by atoms with E-state index in [0.717, 1.165) is 30.6 Å². The molecule has 1 saturated carbocycles. The molecule has 1 aliphatic rings. The Bertz CT molecular complexity index is 608. The molecule has 112 valence electrons. The molecule has 0 spiro atoms. The Morgan fingerprint density at radius 3 is 2.70 bits per heavy atom. The van der Waals surface area contributed by atoms with Crippen molar-refractivity contribution in [2.75, 3.05) is 6.26 Å². The summed E-state index contributed by atoms with van der Waals surface area (Å²) in [6, 6.07) is 1.19. The Labute approximate surface area is 126 Å². The third-order valence-electron chi connectivity index (χ3n) is 3.41. The fourth-order valence-corrected chi connectivity index (χ4v) is 5.89.